The van der Waals surface area contributed by atoms with Crippen LogP contribution in [0, 0.1) is 0 Å². The maximum atomic E-state index is 9.02. The van der Waals surface area contributed by atoms with Crippen molar-refractivity contribution in [2.75, 3.05) is 6.61 Å². The minimum absolute atomic E-state index is 0.268. The number of fused-ring (bicyclic) bond motifs is 2. The Hall–Kier alpha value is -2.02. The van der Waals surface area contributed by atoms with Crippen LogP contribution in [0.15, 0.2) is 53.5 Å². The Morgan fingerprint density at radius 2 is 1.73 bits per heavy atom. The van der Waals surface area contributed by atoms with Crippen molar-refractivity contribution in [1.82, 2.24) is 4.57 Å². The van der Waals surface area contributed by atoms with Gasteiger partial charge in [-0.2, -0.15) is 0 Å². The summed E-state index contributed by atoms with van der Waals surface area (Å²) >= 11 is 3.47. The number of unbranched alkanes of at least 4 members (excludes halogenated alkanes) is 2. The molecule has 134 valence electrons. The van der Waals surface area contributed by atoms with Crippen molar-refractivity contribution in [3.8, 4) is 0 Å². The van der Waals surface area contributed by atoms with Gasteiger partial charge in [-0.3, -0.25) is 4.57 Å². The van der Waals surface area contributed by atoms with Gasteiger partial charge < -0.3 is 5.11 Å². The molecule has 0 amide bonds. The SMILES string of the molecule is C[n+]1c(N=c2sc3ccccc3n2CCCCCO)sc2ccccc21. The third kappa shape index (κ3) is 3.32. The Labute approximate surface area is 160 Å². The van der Waals surface area contributed by atoms with Crippen molar-refractivity contribution in [2.45, 2.75) is 25.8 Å². The minimum Gasteiger partial charge on any atom is -0.396 e. The van der Waals surface area contributed by atoms with Gasteiger partial charge in [0.2, 0.25) is 0 Å². The number of para-hydroxylation sites is 2. The third-order valence-corrected chi connectivity index (χ3v) is 6.71. The van der Waals surface area contributed by atoms with Crippen LogP contribution < -0.4 is 9.37 Å². The van der Waals surface area contributed by atoms with Crippen LogP contribution in [0.25, 0.3) is 20.4 Å². The Morgan fingerprint density at radius 1 is 0.962 bits per heavy atom. The van der Waals surface area contributed by atoms with E-state index >= 15 is 0 Å². The topological polar surface area (TPSA) is 41.4 Å². The summed E-state index contributed by atoms with van der Waals surface area (Å²) in [5.74, 6) is 0. The molecular formula is C20H22N3OS2+. The second-order valence-electron chi connectivity index (χ2n) is 6.31. The molecule has 1 N–H and O–H groups in total. The molecule has 0 saturated carbocycles. The van der Waals surface area contributed by atoms with Crippen LogP contribution in [0.3, 0.4) is 0 Å². The first-order valence-corrected chi connectivity index (χ1v) is 10.5. The van der Waals surface area contributed by atoms with Crippen molar-refractivity contribution in [3.05, 3.63) is 53.3 Å². The number of hydrogen-bond donors (Lipinski definition) is 1. The molecular weight excluding hydrogens is 362 g/mol. The normalized spacial score (nSPS) is 12.5. The summed E-state index contributed by atoms with van der Waals surface area (Å²) in [6.45, 7) is 1.20. The van der Waals surface area contributed by atoms with Gasteiger partial charge in [0.15, 0.2) is 0 Å². The van der Waals surface area contributed by atoms with E-state index in [1.807, 2.05) is 0 Å². The molecule has 0 aliphatic heterocycles. The van der Waals surface area contributed by atoms with E-state index in [-0.39, 0.29) is 6.61 Å². The fraction of sp³-hybridized carbons (Fsp3) is 0.300. The molecule has 0 radical (unpaired) electrons. The zero-order valence-corrected chi connectivity index (χ0v) is 16.4. The second kappa shape index (κ2) is 7.70. The fourth-order valence-corrected chi connectivity index (χ4v) is 5.29. The molecule has 0 saturated heterocycles. The van der Waals surface area contributed by atoms with Crippen molar-refractivity contribution in [1.29, 1.82) is 0 Å². The van der Waals surface area contributed by atoms with Crippen molar-refractivity contribution < 1.29 is 9.67 Å². The summed E-state index contributed by atoms with van der Waals surface area (Å²) in [4.78, 5) is 6.07. The summed E-state index contributed by atoms with van der Waals surface area (Å²) in [6, 6.07) is 16.9. The Morgan fingerprint density at radius 3 is 2.54 bits per heavy atom. The lowest BCUT2D eigenvalue weighted by Crippen LogP contribution is -2.27. The summed E-state index contributed by atoms with van der Waals surface area (Å²) in [7, 11) is 2.08. The van der Waals surface area contributed by atoms with E-state index < -0.39 is 0 Å². The van der Waals surface area contributed by atoms with E-state index in [1.165, 1.54) is 20.4 Å². The number of aliphatic hydroxyl groups is 1. The lowest BCUT2D eigenvalue weighted by molar-refractivity contribution is -0.627. The summed E-state index contributed by atoms with van der Waals surface area (Å²) < 4.78 is 7.00. The van der Waals surface area contributed by atoms with E-state index in [4.69, 9.17) is 10.1 Å². The second-order valence-corrected chi connectivity index (χ2v) is 8.33. The van der Waals surface area contributed by atoms with E-state index in [0.29, 0.717) is 0 Å². The Balaban J connectivity index is 1.81. The lowest BCUT2D eigenvalue weighted by atomic mass is 10.2. The first kappa shape index (κ1) is 17.4. The van der Waals surface area contributed by atoms with Gasteiger partial charge in [-0.05, 0) is 54.9 Å². The molecule has 0 bridgehead atoms. The van der Waals surface area contributed by atoms with Gasteiger partial charge in [0.05, 0.1) is 22.0 Å². The van der Waals surface area contributed by atoms with E-state index in [0.717, 1.165) is 35.7 Å². The minimum atomic E-state index is 0.268. The van der Waals surface area contributed by atoms with Crippen molar-refractivity contribution >= 4 is 48.2 Å². The lowest BCUT2D eigenvalue weighted by Gasteiger charge is -2.03. The number of aryl methyl sites for hydroxylation is 2. The van der Waals surface area contributed by atoms with Gasteiger partial charge in [0.25, 0.3) is 0 Å². The smallest absolute Gasteiger partial charge is 0.386 e. The number of rotatable bonds is 6. The van der Waals surface area contributed by atoms with Crippen LogP contribution in [0.1, 0.15) is 19.3 Å². The van der Waals surface area contributed by atoms with Crippen LogP contribution >= 0.6 is 22.7 Å². The van der Waals surface area contributed by atoms with Crippen LogP contribution in [0.5, 0.6) is 0 Å². The molecule has 0 fully saturated rings. The number of hydrogen-bond acceptors (Lipinski definition) is 4. The third-order valence-electron chi connectivity index (χ3n) is 4.53. The maximum Gasteiger partial charge on any atom is 0.386 e. The first-order valence-electron chi connectivity index (χ1n) is 8.89. The van der Waals surface area contributed by atoms with Gasteiger partial charge in [0, 0.05) is 18.1 Å². The monoisotopic (exact) mass is 384 g/mol. The van der Waals surface area contributed by atoms with Crippen molar-refractivity contribution in [2.24, 2.45) is 12.0 Å². The Bertz CT molecular complexity index is 1110. The largest absolute Gasteiger partial charge is 0.396 e. The molecule has 2 aromatic heterocycles. The highest BCUT2D eigenvalue weighted by Crippen LogP contribution is 2.26. The predicted molar refractivity (Wildman–Crippen MR) is 109 cm³/mol. The average Bonchev–Trinajstić information content (AvgIpc) is 3.17. The highest BCUT2D eigenvalue weighted by molar-refractivity contribution is 7.21. The number of aliphatic hydroxyl groups excluding tert-OH is 1. The molecule has 4 nitrogen and oxygen atoms in total. The zero-order valence-electron chi connectivity index (χ0n) is 14.8. The molecule has 4 aromatic rings. The van der Waals surface area contributed by atoms with E-state index in [2.05, 4.69) is 64.7 Å². The van der Waals surface area contributed by atoms with Gasteiger partial charge in [-0.15, -0.1) is 0 Å². The van der Waals surface area contributed by atoms with Crippen molar-refractivity contribution in [3.63, 3.8) is 0 Å². The summed E-state index contributed by atoms with van der Waals surface area (Å²) in [5.41, 5.74) is 2.45. The fourth-order valence-electron chi connectivity index (χ4n) is 3.15. The Kier molecular flexibility index (Phi) is 5.15. The maximum absolute atomic E-state index is 9.02. The van der Waals surface area contributed by atoms with E-state index in [1.54, 1.807) is 22.7 Å². The molecule has 0 unspecified atom stereocenters. The number of thiazole rings is 2. The van der Waals surface area contributed by atoms with Crippen LogP contribution in [-0.4, -0.2) is 16.3 Å². The van der Waals surface area contributed by atoms with Gasteiger partial charge in [0.1, 0.15) is 5.52 Å². The number of benzene rings is 2. The zero-order chi connectivity index (χ0) is 17.9. The molecule has 0 spiro atoms. The van der Waals surface area contributed by atoms with Gasteiger partial charge in [-0.25, -0.2) is 4.57 Å². The quantitative estimate of drug-likeness (QED) is 0.394. The molecule has 0 aliphatic rings. The van der Waals surface area contributed by atoms with Gasteiger partial charge >= 0.3 is 9.93 Å². The summed E-state index contributed by atoms with van der Waals surface area (Å²) in [6.07, 6.45) is 2.94. The molecule has 2 aromatic carbocycles. The molecule has 6 heteroatoms. The summed E-state index contributed by atoms with van der Waals surface area (Å²) in [5, 5.41) is 10.0. The van der Waals surface area contributed by atoms with Gasteiger partial charge in [-0.1, -0.05) is 35.6 Å². The predicted octanol–water partition coefficient (Wildman–Crippen LogP) is 4.14. The average molecular weight is 385 g/mol. The number of aromatic nitrogens is 2. The van der Waals surface area contributed by atoms with Crippen LogP contribution in [0.2, 0.25) is 0 Å². The highest BCUT2D eigenvalue weighted by Gasteiger charge is 2.17. The molecule has 2 heterocycles. The molecule has 0 atom stereocenters. The van der Waals surface area contributed by atoms with E-state index in [9.17, 15) is 0 Å². The standard InChI is InChI=1S/C20H22N3OS2/c1-22-15-9-3-5-11-17(15)25-19(22)21-20-23(13-7-2-8-14-24)16-10-4-6-12-18(16)26-20/h3-6,9-12,24H,2,7-8,13-14H2,1H3/q+1. The highest BCUT2D eigenvalue weighted by atomic mass is 32.1. The molecule has 26 heavy (non-hydrogen) atoms. The molecule has 4 rings (SSSR count). The van der Waals surface area contributed by atoms with Crippen LogP contribution in [-0.2, 0) is 13.6 Å². The molecule has 0 aliphatic carbocycles. The number of nitrogens with zero attached hydrogens (tertiary/aromatic N) is 3. The first-order chi connectivity index (χ1) is 12.8. The van der Waals surface area contributed by atoms with Crippen LogP contribution in [0.4, 0.5) is 5.13 Å².